The van der Waals surface area contributed by atoms with E-state index < -0.39 is 23.5 Å². The number of aromatic nitrogens is 2. The van der Waals surface area contributed by atoms with Gasteiger partial charge in [-0.15, -0.1) is 4.91 Å². The number of carbonyl (C=O) groups excluding carboxylic acids is 1. The first kappa shape index (κ1) is 31.1. The van der Waals surface area contributed by atoms with Crippen molar-refractivity contribution >= 4 is 16.9 Å². The van der Waals surface area contributed by atoms with E-state index in [-0.39, 0.29) is 35.9 Å². The Kier molecular flexibility index (Phi) is 9.28. The first-order valence-corrected chi connectivity index (χ1v) is 14.4. The van der Waals surface area contributed by atoms with Gasteiger partial charge >= 0.3 is 12.1 Å². The van der Waals surface area contributed by atoms with Crippen LogP contribution in [0, 0.1) is 10.7 Å². The predicted octanol–water partition coefficient (Wildman–Crippen LogP) is 7.52. The minimum Gasteiger partial charge on any atom is -0.489 e. The number of amides is 1. The molecule has 1 aliphatic heterocycles. The molecule has 0 spiro atoms. The Labute approximate surface area is 251 Å². The molecule has 1 unspecified atom stereocenters. The van der Waals surface area contributed by atoms with Gasteiger partial charge in [0.05, 0.1) is 35.4 Å². The molecule has 2 aromatic carbocycles. The molecule has 1 atom stereocenters. The number of nitrogens with zero attached hydrogens (tertiary/aromatic N) is 4. The van der Waals surface area contributed by atoms with Crippen molar-refractivity contribution in [2.45, 2.75) is 45.3 Å². The maximum Gasteiger partial charge on any atom is 0.416 e. The van der Waals surface area contributed by atoms with Gasteiger partial charge in [0.15, 0.2) is 0 Å². The number of alkyl halides is 3. The zero-order valence-corrected chi connectivity index (χ0v) is 24.4. The van der Waals surface area contributed by atoms with Gasteiger partial charge in [0, 0.05) is 48.1 Å². The summed E-state index contributed by atoms with van der Waals surface area (Å²) in [5.41, 5.74) is 1.70. The van der Waals surface area contributed by atoms with Crippen molar-refractivity contribution in [3.05, 3.63) is 87.8 Å². The Bertz CT molecular complexity index is 1650. The van der Waals surface area contributed by atoms with Crippen LogP contribution in [-0.4, -0.2) is 59.4 Å². The summed E-state index contributed by atoms with van der Waals surface area (Å²) in [5.74, 6) is -1.07. The SMILES string of the molecule is CCCC(C)n1c(-c2ccc(OCC3=CC(C(F)(F)F)=CC=C(N4CCOCC4)C3)cc2F)nc2cc(C(=O)N=O)ccc21. The lowest BCUT2D eigenvalue weighted by molar-refractivity contribution is -0.0882. The summed E-state index contributed by atoms with van der Waals surface area (Å²) in [7, 11) is 0. The van der Waals surface area contributed by atoms with Crippen molar-refractivity contribution < 1.29 is 31.8 Å². The van der Waals surface area contributed by atoms with Crippen molar-refractivity contribution in [2.24, 2.45) is 5.18 Å². The summed E-state index contributed by atoms with van der Waals surface area (Å²) in [5, 5.41) is 2.47. The van der Waals surface area contributed by atoms with Gasteiger partial charge in [0.2, 0.25) is 0 Å². The Morgan fingerprint density at radius 1 is 1.14 bits per heavy atom. The highest BCUT2D eigenvalue weighted by Gasteiger charge is 2.33. The second-order valence-corrected chi connectivity index (χ2v) is 10.8. The number of hydrogen-bond acceptors (Lipinski definition) is 6. The van der Waals surface area contributed by atoms with Crippen molar-refractivity contribution in [2.75, 3.05) is 32.9 Å². The highest BCUT2D eigenvalue weighted by atomic mass is 19.4. The molecule has 0 N–H and O–H groups in total. The molecule has 232 valence electrons. The highest BCUT2D eigenvalue weighted by Crippen LogP contribution is 2.35. The van der Waals surface area contributed by atoms with E-state index in [0.717, 1.165) is 30.7 Å². The fourth-order valence-electron chi connectivity index (χ4n) is 5.54. The standard InChI is InChI=1S/C32H32F4N4O4/c1-3-4-20(2)40-29-10-5-22(31(41)38-42)17-28(29)37-30(40)26-9-8-25(18-27(26)33)44-19-21-15-23(32(34,35)36)6-7-24(16-21)39-11-13-43-14-12-39/h5-10,15,17-18,20H,3-4,11-14,16,19H2,1-2H3. The van der Waals surface area contributed by atoms with Crippen LogP contribution in [0.3, 0.4) is 0 Å². The smallest absolute Gasteiger partial charge is 0.416 e. The lowest BCUT2D eigenvalue weighted by Crippen LogP contribution is -2.35. The summed E-state index contributed by atoms with van der Waals surface area (Å²) >= 11 is 0. The van der Waals surface area contributed by atoms with E-state index >= 15 is 4.39 Å². The number of rotatable bonds is 9. The number of morpholine rings is 1. The number of carbonyl (C=O) groups is 1. The molecule has 44 heavy (non-hydrogen) atoms. The number of imidazole rings is 1. The highest BCUT2D eigenvalue weighted by molar-refractivity contribution is 5.98. The fraction of sp³-hybridized carbons (Fsp3) is 0.375. The lowest BCUT2D eigenvalue weighted by atomic mass is 10.1. The maximum atomic E-state index is 15.7. The number of ether oxygens (including phenoxy) is 2. The van der Waals surface area contributed by atoms with Crippen LogP contribution in [0.5, 0.6) is 5.75 Å². The van der Waals surface area contributed by atoms with Crippen LogP contribution >= 0.6 is 0 Å². The van der Waals surface area contributed by atoms with Crippen LogP contribution < -0.4 is 4.74 Å². The molecule has 1 aromatic heterocycles. The van der Waals surface area contributed by atoms with Crippen LogP contribution in [0.1, 0.15) is 49.5 Å². The average molecular weight is 613 g/mol. The van der Waals surface area contributed by atoms with E-state index in [1.165, 1.54) is 30.3 Å². The number of allylic oxidation sites excluding steroid dienone is 5. The quantitative estimate of drug-likeness (QED) is 0.184. The normalized spacial score (nSPS) is 16.6. The molecule has 1 amide bonds. The molecule has 1 aliphatic carbocycles. The molecule has 1 saturated heterocycles. The van der Waals surface area contributed by atoms with E-state index in [1.54, 1.807) is 12.1 Å². The number of benzene rings is 2. The zero-order chi connectivity index (χ0) is 31.4. The third kappa shape index (κ3) is 6.75. The monoisotopic (exact) mass is 612 g/mol. The number of nitroso groups, excluding NO2 is 1. The fourth-order valence-corrected chi connectivity index (χ4v) is 5.54. The molecular weight excluding hydrogens is 580 g/mol. The molecule has 5 rings (SSSR count). The van der Waals surface area contributed by atoms with Crippen LogP contribution in [-0.2, 0) is 4.74 Å². The van der Waals surface area contributed by atoms with Crippen LogP contribution in [0.2, 0.25) is 0 Å². The van der Waals surface area contributed by atoms with Gasteiger partial charge in [-0.2, -0.15) is 13.2 Å². The van der Waals surface area contributed by atoms with Gasteiger partial charge in [0.1, 0.15) is 24.0 Å². The summed E-state index contributed by atoms with van der Waals surface area (Å²) in [6, 6.07) is 8.79. The summed E-state index contributed by atoms with van der Waals surface area (Å²) < 4.78 is 69.8. The second kappa shape index (κ2) is 13.1. The largest absolute Gasteiger partial charge is 0.489 e. The third-order valence-electron chi connectivity index (χ3n) is 7.74. The van der Waals surface area contributed by atoms with Gasteiger partial charge in [-0.3, -0.25) is 4.79 Å². The molecule has 0 saturated carbocycles. The van der Waals surface area contributed by atoms with E-state index in [9.17, 15) is 22.9 Å². The van der Waals surface area contributed by atoms with Crippen LogP contribution in [0.25, 0.3) is 22.4 Å². The first-order valence-electron chi connectivity index (χ1n) is 14.4. The van der Waals surface area contributed by atoms with E-state index in [1.807, 2.05) is 23.3 Å². The van der Waals surface area contributed by atoms with E-state index in [4.69, 9.17) is 9.47 Å². The van der Waals surface area contributed by atoms with Crippen molar-refractivity contribution in [1.82, 2.24) is 14.5 Å². The predicted molar refractivity (Wildman–Crippen MR) is 158 cm³/mol. The molecular formula is C32H32F4N4O4. The van der Waals surface area contributed by atoms with Crippen molar-refractivity contribution in [3.8, 4) is 17.1 Å². The maximum absolute atomic E-state index is 15.7. The topological polar surface area (TPSA) is 86.0 Å². The summed E-state index contributed by atoms with van der Waals surface area (Å²) in [6.45, 7) is 6.00. The molecule has 8 nitrogen and oxygen atoms in total. The lowest BCUT2D eigenvalue weighted by Gasteiger charge is -2.31. The number of hydrogen-bond donors (Lipinski definition) is 0. The minimum atomic E-state index is -4.53. The van der Waals surface area contributed by atoms with Gasteiger partial charge in [0.25, 0.3) is 0 Å². The number of fused-ring (bicyclic) bond motifs is 1. The summed E-state index contributed by atoms with van der Waals surface area (Å²) in [6.07, 6.45) is 1.02. The molecule has 3 aromatic rings. The average Bonchev–Trinajstić information content (AvgIpc) is 3.23. The van der Waals surface area contributed by atoms with Crippen LogP contribution in [0.4, 0.5) is 17.6 Å². The first-order chi connectivity index (χ1) is 21.1. The van der Waals surface area contributed by atoms with Crippen molar-refractivity contribution in [1.29, 1.82) is 0 Å². The van der Waals surface area contributed by atoms with Gasteiger partial charge in [-0.1, -0.05) is 13.3 Å². The van der Waals surface area contributed by atoms with Crippen LogP contribution in [0.15, 0.2) is 76.6 Å². The molecule has 1 fully saturated rings. The Morgan fingerprint density at radius 3 is 2.59 bits per heavy atom. The molecule has 2 aliphatic rings. The minimum absolute atomic E-state index is 0.0622. The number of halogens is 4. The van der Waals surface area contributed by atoms with Gasteiger partial charge in [-0.25, -0.2) is 9.37 Å². The van der Waals surface area contributed by atoms with Crippen molar-refractivity contribution in [3.63, 3.8) is 0 Å². The third-order valence-corrected chi connectivity index (χ3v) is 7.74. The Hall–Kier alpha value is -4.32. The zero-order valence-electron chi connectivity index (χ0n) is 24.4. The molecule has 2 heterocycles. The van der Waals surface area contributed by atoms with E-state index in [0.29, 0.717) is 48.7 Å². The molecule has 12 heteroatoms. The van der Waals surface area contributed by atoms with Gasteiger partial charge in [-0.05, 0) is 67.5 Å². The Balaban J connectivity index is 1.42. The molecule has 0 bridgehead atoms. The second-order valence-electron chi connectivity index (χ2n) is 10.8. The van der Waals surface area contributed by atoms with E-state index in [2.05, 4.69) is 10.2 Å². The Morgan fingerprint density at radius 2 is 1.91 bits per heavy atom. The molecule has 0 radical (unpaired) electrons. The summed E-state index contributed by atoms with van der Waals surface area (Å²) in [4.78, 5) is 29.2. The van der Waals surface area contributed by atoms with Gasteiger partial charge < -0.3 is 18.9 Å².